The Morgan fingerprint density at radius 3 is 2.66 bits per heavy atom. The van der Waals surface area contributed by atoms with Crippen LogP contribution in [0, 0.1) is 11.6 Å². The largest absolute Gasteiger partial charge is 0.323 e. The summed E-state index contributed by atoms with van der Waals surface area (Å²) in [5.74, 6) is -0.530. The van der Waals surface area contributed by atoms with Crippen molar-refractivity contribution in [1.29, 1.82) is 0 Å². The van der Waals surface area contributed by atoms with Gasteiger partial charge in [0.2, 0.25) is 5.91 Å². The number of carbonyl (C=O) groups is 1. The fraction of sp³-hybridized carbons (Fsp3) is 0.286. The molecule has 0 spiro atoms. The lowest BCUT2D eigenvalue weighted by Crippen LogP contribution is -2.23. The highest BCUT2D eigenvalue weighted by Crippen LogP contribution is 2.40. The van der Waals surface area contributed by atoms with Gasteiger partial charge in [-0.15, -0.1) is 10.2 Å². The lowest BCUT2D eigenvalue weighted by molar-refractivity contribution is -0.115. The molecule has 0 bridgehead atoms. The predicted molar refractivity (Wildman–Crippen MR) is 108 cm³/mol. The van der Waals surface area contributed by atoms with Crippen LogP contribution in [0.25, 0.3) is 0 Å². The molecule has 0 radical (unpaired) electrons. The summed E-state index contributed by atoms with van der Waals surface area (Å²) in [5, 5.41) is 11.3. The Hall–Kier alpha value is -2.74. The summed E-state index contributed by atoms with van der Waals surface area (Å²) >= 11 is 1.27. The van der Waals surface area contributed by atoms with E-state index in [-0.39, 0.29) is 11.6 Å². The molecule has 4 rings (SSSR count). The van der Waals surface area contributed by atoms with E-state index in [1.807, 2.05) is 30.3 Å². The van der Waals surface area contributed by atoms with Crippen LogP contribution in [-0.4, -0.2) is 25.9 Å². The maximum Gasteiger partial charge on any atom is 0.237 e. The van der Waals surface area contributed by atoms with E-state index in [0.29, 0.717) is 17.6 Å². The molecule has 1 N–H and O–H groups in total. The molecule has 1 aliphatic rings. The first-order valence-electron chi connectivity index (χ1n) is 9.41. The second-order valence-corrected chi connectivity index (χ2v) is 8.37. The molecule has 1 amide bonds. The number of thioether (sulfide) groups is 1. The van der Waals surface area contributed by atoms with Crippen LogP contribution in [-0.2, 0) is 11.3 Å². The topological polar surface area (TPSA) is 59.8 Å². The number of nitrogens with zero attached hydrogens (tertiary/aromatic N) is 3. The van der Waals surface area contributed by atoms with Crippen LogP contribution >= 0.6 is 11.8 Å². The van der Waals surface area contributed by atoms with Gasteiger partial charge >= 0.3 is 0 Å². The average Bonchev–Trinajstić information content (AvgIpc) is 3.48. The zero-order valence-corrected chi connectivity index (χ0v) is 16.6. The first-order chi connectivity index (χ1) is 14.0. The van der Waals surface area contributed by atoms with Gasteiger partial charge in [0.1, 0.15) is 17.5 Å². The van der Waals surface area contributed by atoms with Gasteiger partial charge in [-0.05, 0) is 37.5 Å². The number of aromatic nitrogens is 3. The monoisotopic (exact) mass is 414 g/mol. The van der Waals surface area contributed by atoms with Gasteiger partial charge in [0.05, 0.1) is 17.5 Å². The zero-order valence-electron chi connectivity index (χ0n) is 15.8. The first kappa shape index (κ1) is 19.6. The van der Waals surface area contributed by atoms with E-state index in [9.17, 15) is 13.6 Å². The van der Waals surface area contributed by atoms with Crippen LogP contribution in [0.3, 0.4) is 0 Å². The third-order valence-corrected chi connectivity index (χ3v) is 5.79. The SMILES string of the molecule is C[C@H](Sc1nnc(C2CC2)n1Cc1ccccc1)C(=O)Nc1ccc(F)cc1F. The zero-order chi connectivity index (χ0) is 20.4. The first-order valence-corrected chi connectivity index (χ1v) is 10.3. The Bertz CT molecular complexity index is 1020. The summed E-state index contributed by atoms with van der Waals surface area (Å²) in [7, 11) is 0. The van der Waals surface area contributed by atoms with Crippen LogP contribution in [0.1, 0.15) is 37.1 Å². The molecule has 5 nitrogen and oxygen atoms in total. The highest BCUT2D eigenvalue weighted by molar-refractivity contribution is 8.00. The van der Waals surface area contributed by atoms with Crippen LogP contribution in [0.4, 0.5) is 14.5 Å². The van der Waals surface area contributed by atoms with E-state index in [1.165, 1.54) is 17.8 Å². The lowest BCUT2D eigenvalue weighted by atomic mass is 10.2. The Morgan fingerprint density at radius 1 is 1.21 bits per heavy atom. The van der Waals surface area contributed by atoms with Crippen LogP contribution in [0.2, 0.25) is 0 Å². The van der Waals surface area contributed by atoms with Crippen molar-refractivity contribution in [2.75, 3.05) is 5.32 Å². The van der Waals surface area contributed by atoms with Crippen molar-refractivity contribution in [1.82, 2.24) is 14.8 Å². The normalized spacial score (nSPS) is 14.6. The number of hydrogen-bond acceptors (Lipinski definition) is 4. The third kappa shape index (κ3) is 4.64. The van der Waals surface area contributed by atoms with Crippen LogP contribution < -0.4 is 5.32 Å². The fourth-order valence-electron chi connectivity index (χ4n) is 2.98. The smallest absolute Gasteiger partial charge is 0.237 e. The van der Waals surface area contributed by atoms with Gasteiger partial charge in [0.15, 0.2) is 5.16 Å². The minimum Gasteiger partial charge on any atom is -0.323 e. The van der Waals surface area contributed by atoms with Crippen molar-refractivity contribution in [3.8, 4) is 0 Å². The third-order valence-electron chi connectivity index (χ3n) is 4.71. The number of hydrogen-bond donors (Lipinski definition) is 1. The lowest BCUT2D eigenvalue weighted by Gasteiger charge is -2.14. The van der Waals surface area contributed by atoms with Crippen molar-refractivity contribution in [3.63, 3.8) is 0 Å². The summed E-state index contributed by atoms with van der Waals surface area (Å²) in [6, 6.07) is 13.1. The summed E-state index contributed by atoms with van der Waals surface area (Å²) in [4.78, 5) is 12.5. The summed E-state index contributed by atoms with van der Waals surface area (Å²) in [6.07, 6.45) is 2.19. The number of anilines is 1. The van der Waals surface area contributed by atoms with E-state index in [4.69, 9.17) is 0 Å². The van der Waals surface area contributed by atoms with Crippen LogP contribution in [0.5, 0.6) is 0 Å². The maximum absolute atomic E-state index is 13.8. The maximum atomic E-state index is 13.8. The molecular formula is C21H20F2N4OS. The van der Waals surface area contributed by atoms with Gasteiger partial charge in [-0.25, -0.2) is 8.78 Å². The number of nitrogens with one attached hydrogen (secondary N) is 1. The second-order valence-electron chi connectivity index (χ2n) is 7.06. The predicted octanol–water partition coefficient (Wildman–Crippen LogP) is 4.60. The summed E-state index contributed by atoms with van der Waals surface area (Å²) in [5.41, 5.74) is 1.08. The van der Waals surface area contributed by atoms with Gasteiger partial charge in [0.25, 0.3) is 0 Å². The Balaban J connectivity index is 1.50. The molecule has 1 saturated carbocycles. The Morgan fingerprint density at radius 2 is 1.97 bits per heavy atom. The molecule has 1 atom stereocenters. The molecule has 150 valence electrons. The van der Waals surface area contributed by atoms with Crippen molar-refractivity contribution in [2.45, 2.75) is 42.6 Å². The van der Waals surface area contributed by atoms with Crippen molar-refractivity contribution in [2.24, 2.45) is 0 Å². The van der Waals surface area contributed by atoms with E-state index in [1.54, 1.807) is 6.92 Å². The van der Waals surface area contributed by atoms with Gasteiger partial charge in [0, 0.05) is 12.0 Å². The van der Waals surface area contributed by atoms with Crippen molar-refractivity contribution >= 4 is 23.4 Å². The number of amides is 1. The highest BCUT2D eigenvalue weighted by atomic mass is 32.2. The molecule has 1 aromatic heterocycles. The van der Waals surface area contributed by atoms with Crippen molar-refractivity contribution < 1.29 is 13.6 Å². The molecule has 0 unspecified atom stereocenters. The standard InChI is InChI=1S/C21H20F2N4OS/c1-13(20(28)24-18-10-9-16(22)11-17(18)23)29-21-26-25-19(15-7-8-15)27(21)12-14-5-3-2-4-6-14/h2-6,9-11,13,15H,7-8,12H2,1H3,(H,24,28)/t13-/m0/s1. The van der Waals surface area contributed by atoms with Gasteiger partial charge in [-0.3, -0.25) is 4.79 Å². The molecule has 8 heteroatoms. The van der Waals surface area contributed by atoms with Gasteiger partial charge in [-0.2, -0.15) is 0 Å². The van der Waals surface area contributed by atoms with Crippen LogP contribution in [0.15, 0.2) is 53.7 Å². The van der Waals surface area contributed by atoms with Gasteiger partial charge < -0.3 is 9.88 Å². The minimum absolute atomic E-state index is 0.0479. The number of benzene rings is 2. The highest BCUT2D eigenvalue weighted by Gasteiger charge is 2.31. The molecule has 0 aliphatic heterocycles. The second kappa shape index (κ2) is 8.32. The molecule has 1 heterocycles. The molecule has 29 heavy (non-hydrogen) atoms. The Kier molecular flexibility index (Phi) is 5.62. The number of rotatable bonds is 7. The molecule has 3 aromatic rings. The van der Waals surface area contributed by atoms with Gasteiger partial charge in [-0.1, -0.05) is 42.1 Å². The Labute approximate surface area is 171 Å². The minimum atomic E-state index is -0.807. The molecule has 2 aromatic carbocycles. The van der Waals surface area contributed by atoms with E-state index in [0.717, 1.165) is 36.4 Å². The average molecular weight is 414 g/mol. The van der Waals surface area contributed by atoms with E-state index < -0.39 is 16.9 Å². The fourth-order valence-corrected chi connectivity index (χ4v) is 3.84. The molecule has 1 aliphatic carbocycles. The number of halogens is 2. The molecule has 0 saturated heterocycles. The summed E-state index contributed by atoms with van der Waals surface area (Å²) in [6.45, 7) is 2.35. The number of carbonyl (C=O) groups excluding carboxylic acids is 1. The molecule has 1 fully saturated rings. The van der Waals surface area contributed by atoms with Crippen molar-refractivity contribution in [3.05, 3.63) is 71.6 Å². The van der Waals surface area contributed by atoms with E-state index in [2.05, 4.69) is 20.1 Å². The quantitative estimate of drug-likeness (QED) is 0.574. The van der Waals surface area contributed by atoms with E-state index >= 15 is 0 Å². The summed E-state index contributed by atoms with van der Waals surface area (Å²) < 4.78 is 28.9. The molecular weight excluding hydrogens is 394 g/mol.